The number of rotatable bonds is 0. The molecule has 0 heterocycles. The molecule has 0 fully saturated rings. The Morgan fingerprint density at radius 3 is 0.808 bits per heavy atom. The first-order valence-corrected chi connectivity index (χ1v) is 7.85. The third-order valence-electron chi connectivity index (χ3n) is 2.01. The summed E-state index contributed by atoms with van der Waals surface area (Å²) in [5.74, 6) is -1.08. The van der Waals surface area contributed by atoms with Crippen LogP contribution >= 0.6 is 0 Å². The molecule has 0 aromatic heterocycles. The van der Waals surface area contributed by atoms with Crippen molar-refractivity contribution in [1.82, 2.24) is 0 Å². The van der Waals surface area contributed by atoms with E-state index in [9.17, 15) is 0 Å². The summed E-state index contributed by atoms with van der Waals surface area (Å²) in [6.45, 7) is 19.7. The van der Waals surface area contributed by atoms with Gasteiger partial charge in [-0.2, -0.15) is 21.1 Å². The van der Waals surface area contributed by atoms with Crippen molar-refractivity contribution >= 4 is 12.0 Å². The van der Waals surface area contributed by atoms with Gasteiger partial charge in [0.25, 0.3) is 0 Å². The van der Waals surface area contributed by atoms with Crippen molar-refractivity contribution in [2.75, 3.05) is 21.1 Å². The number of nitrogens with zero attached hydrogens (tertiary/aromatic N) is 4. The van der Waals surface area contributed by atoms with Crippen LogP contribution in [0.4, 0.5) is 0 Å². The number of hydrogen-bond acceptors (Lipinski definition) is 3. The van der Waals surface area contributed by atoms with Gasteiger partial charge in [-0.3, -0.25) is 4.79 Å². The van der Waals surface area contributed by atoms with Crippen molar-refractivity contribution in [2.24, 2.45) is 0 Å². The molecule has 0 spiro atoms. The second kappa shape index (κ2) is 22.4. The van der Waals surface area contributed by atoms with Crippen LogP contribution in [0.25, 0.3) is 21.4 Å². The zero-order valence-corrected chi connectivity index (χ0v) is 20.4. The molecule has 0 atom stereocenters. The van der Waals surface area contributed by atoms with Crippen LogP contribution in [0.5, 0.6) is 0 Å². The number of carboxylic acid groups (broad SMARTS) is 1. The Bertz CT molecular complexity index is 288. The van der Waals surface area contributed by atoms with E-state index in [4.69, 9.17) is 20.1 Å². The Labute approximate surface area is 173 Å². The van der Waals surface area contributed by atoms with Crippen LogP contribution in [-0.4, -0.2) is 49.8 Å². The fraction of sp³-hybridized carbons (Fsp3) is 0.889. The van der Waals surface area contributed by atoms with Gasteiger partial charge in [0.2, 0.25) is 0 Å². The number of carbonyl (C=O) groups excluding carboxylic acids is 2. The quantitative estimate of drug-likeness (QED) is 0.443. The molecule has 0 saturated carbocycles. The molecule has 0 bridgehead atoms. The van der Waals surface area contributed by atoms with Gasteiger partial charge in [-0.1, -0.05) is 62.3 Å². The molecule has 0 rings (SSSR count). The number of aliphatic carboxylic acids is 1. The Hall–Kier alpha value is -0.686. The largest absolute Gasteiger partial charge is 0.724 e. The van der Waals surface area contributed by atoms with Crippen molar-refractivity contribution in [3.8, 4) is 0 Å². The second-order valence-corrected chi connectivity index (χ2v) is 7.77. The zero-order chi connectivity index (χ0) is 21.9. The van der Waals surface area contributed by atoms with Crippen LogP contribution in [-0.2, 0) is 28.1 Å². The van der Waals surface area contributed by atoms with Crippen molar-refractivity contribution in [3.05, 3.63) is 21.4 Å². The topological polar surface area (TPSA) is 122 Å². The summed E-state index contributed by atoms with van der Waals surface area (Å²) in [5, 5.41) is 27.7. The molecular formula is C18H39N4O3V-5. The van der Waals surface area contributed by atoms with Gasteiger partial charge >= 0.3 is 0 Å². The average molecular weight is 410 g/mol. The van der Waals surface area contributed by atoms with E-state index >= 15 is 0 Å². The molecule has 7 nitrogen and oxygen atoms in total. The normalized spacial score (nSPS) is 9.58. The van der Waals surface area contributed by atoms with Gasteiger partial charge < -0.3 is 31.3 Å². The van der Waals surface area contributed by atoms with Gasteiger partial charge in [0, 0.05) is 24.5 Å². The molecule has 0 N–H and O–H groups in total. The Balaban J connectivity index is -0.0000000487. The fourth-order valence-electron chi connectivity index (χ4n) is 0. The van der Waals surface area contributed by atoms with E-state index in [0.717, 1.165) is 6.92 Å². The van der Waals surface area contributed by atoms with Gasteiger partial charge in [-0.15, -0.1) is 16.6 Å². The van der Waals surface area contributed by atoms with Crippen molar-refractivity contribution in [2.45, 2.75) is 85.9 Å². The number of isocyanates is 1. The van der Waals surface area contributed by atoms with E-state index in [0.29, 0.717) is 6.08 Å². The van der Waals surface area contributed by atoms with E-state index < -0.39 is 5.97 Å². The molecule has 0 aliphatic carbocycles. The molecular weight excluding hydrogens is 371 g/mol. The standard InChI is InChI=1S/3C5H12N.C2H4O2.CNO.V/c3*1-5(2,3)6-4;1-2(3)4;2-1-3;/h3*1-4H3;1H3,(H,3,4);;/q3*-1;;-1;/p-1. The van der Waals surface area contributed by atoms with Gasteiger partial charge in [0.15, 0.2) is 0 Å². The Morgan fingerprint density at radius 1 is 0.769 bits per heavy atom. The number of carbonyl (C=O) groups is 1. The van der Waals surface area contributed by atoms with Crippen LogP contribution < -0.4 is 5.11 Å². The molecule has 0 aromatic carbocycles. The Morgan fingerprint density at radius 2 is 0.808 bits per heavy atom. The SMILES string of the molecule is CC(=O)[O-].C[N-]C(C)(C)C.C[N-]C(C)(C)C.C[N-]C(C)(C)C.[N-]=C=O.[V]. The molecule has 1 radical (unpaired) electrons. The smallest absolute Gasteiger partial charge is 0.0383 e. The molecule has 0 aromatic rings. The van der Waals surface area contributed by atoms with E-state index in [-0.39, 0.29) is 35.2 Å². The molecule has 26 heavy (non-hydrogen) atoms. The minimum atomic E-state index is -1.08. The molecule has 0 amide bonds. The van der Waals surface area contributed by atoms with Gasteiger partial charge in [0.05, 0.1) is 0 Å². The molecule has 8 heteroatoms. The van der Waals surface area contributed by atoms with Crippen molar-refractivity contribution in [3.63, 3.8) is 0 Å². The summed E-state index contributed by atoms with van der Waals surface area (Å²) in [6.07, 6.45) is 0.500. The summed E-state index contributed by atoms with van der Waals surface area (Å²) >= 11 is 0. The monoisotopic (exact) mass is 410 g/mol. The van der Waals surface area contributed by atoms with E-state index in [1.54, 1.807) is 0 Å². The summed E-state index contributed by atoms with van der Waals surface area (Å²) in [7, 11) is 5.50. The predicted octanol–water partition coefficient (Wildman–Crippen LogP) is 4.01. The first-order valence-electron chi connectivity index (χ1n) is 7.85. The zero-order valence-electron chi connectivity index (χ0n) is 19.0. The molecule has 0 aliphatic rings. The summed E-state index contributed by atoms with van der Waals surface area (Å²) < 4.78 is 0. The minimum Gasteiger partial charge on any atom is -0.724 e. The van der Waals surface area contributed by atoms with Gasteiger partial charge in [-0.25, -0.2) is 0 Å². The van der Waals surface area contributed by atoms with Gasteiger partial charge in [0.1, 0.15) is 0 Å². The maximum Gasteiger partial charge on any atom is 0.0383 e. The maximum atomic E-state index is 8.89. The first kappa shape index (κ1) is 40.1. The second-order valence-electron chi connectivity index (χ2n) is 7.77. The van der Waals surface area contributed by atoms with Crippen LogP contribution in [0.15, 0.2) is 0 Å². The average Bonchev–Trinajstić information content (AvgIpc) is 2.38. The molecule has 0 aliphatic heterocycles. The molecule has 0 saturated heterocycles. The van der Waals surface area contributed by atoms with Crippen molar-refractivity contribution in [1.29, 1.82) is 0 Å². The fourth-order valence-corrected chi connectivity index (χ4v) is 0. The maximum absolute atomic E-state index is 8.89. The van der Waals surface area contributed by atoms with Crippen LogP contribution in [0.2, 0.25) is 0 Å². The van der Waals surface area contributed by atoms with E-state index in [1.807, 2.05) is 21.1 Å². The van der Waals surface area contributed by atoms with E-state index in [1.165, 1.54) is 0 Å². The van der Waals surface area contributed by atoms with Gasteiger partial charge in [-0.05, 0) is 13.0 Å². The van der Waals surface area contributed by atoms with E-state index in [2.05, 4.69) is 78.3 Å². The summed E-state index contributed by atoms with van der Waals surface area (Å²) in [6, 6.07) is 0. The summed E-state index contributed by atoms with van der Waals surface area (Å²) in [4.78, 5) is 17.1. The summed E-state index contributed by atoms with van der Waals surface area (Å²) in [5.41, 5.74) is 0.500. The Kier molecular flexibility index (Phi) is 34.5. The minimum absolute atomic E-state index is 0. The van der Waals surface area contributed by atoms with Crippen LogP contribution in [0, 0.1) is 0 Å². The third-order valence-corrected chi connectivity index (χ3v) is 2.01. The third kappa shape index (κ3) is 168. The number of carboxylic acids is 1. The van der Waals surface area contributed by atoms with Crippen LogP contribution in [0.1, 0.15) is 69.2 Å². The molecule has 159 valence electrons. The van der Waals surface area contributed by atoms with Crippen molar-refractivity contribution < 1.29 is 33.3 Å². The number of hydrogen-bond donors (Lipinski definition) is 0. The van der Waals surface area contributed by atoms with Crippen LogP contribution in [0.3, 0.4) is 0 Å². The predicted molar refractivity (Wildman–Crippen MR) is 107 cm³/mol. The molecule has 0 unspecified atom stereocenters. The first-order chi connectivity index (χ1) is 10.8.